The van der Waals surface area contributed by atoms with Crippen LogP contribution in [0.1, 0.15) is 37.9 Å². The standard InChI is InChI=1S/C12H16N4/c1-16(10-5-3-2-4-6-10)12-7-8-14-11(9-13)15-12/h7-8,10H,2-6H2,1H3. The fourth-order valence-electron chi connectivity index (χ4n) is 2.25. The Morgan fingerprint density at radius 2 is 2.12 bits per heavy atom. The maximum Gasteiger partial charge on any atom is 0.234 e. The maximum absolute atomic E-state index is 8.76. The van der Waals surface area contributed by atoms with E-state index in [1.165, 1.54) is 32.1 Å². The van der Waals surface area contributed by atoms with Crippen LogP contribution in [0.15, 0.2) is 12.3 Å². The van der Waals surface area contributed by atoms with Gasteiger partial charge in [0.15, 0.2) is 0 Å². The van der Waals surface area contributed by atoms with Crippen LogP contribution in [-0.4, -0.2) is 23.1 Å². The van der Waals surface area contributed by atoms with E-state index < -0.39 is 0 Å². The Bertz CT molecular complexity index is 390. The lowest BCUT2D eigenvalue weighted by Crippen LogP contribution is -2.34. The molecule has 1 fully saturated rings. The number of nitrogens with zero attached hydrogens (tertiary/aromatic N) is 4. The summed E-state index contributed by atoms with van der Waals surface area (Å²) in [4.78, 5) is 10.3. The highest BCUT2D eigenvalue weighted by Crippen LogP contribution is 2.24. The summed E-state index contributed by atoms with van der Waals surface area (Å²) in [6, 6.07) is 4.41. The number of aromatic nitrogens is 2. The fraction of sp³-hybridized carbons (Fsp3) is 0.583. The minimum Gasteiger partial charge on any atom is -0.357 e. The monoisotopic (exact) mass is 216 g/mol. The molecule has 0 spiro atoms. The summed E-state index contributed by atoms with van der Waals surface area (Å²) in [5, 5.41) is 8.76. The Morgan fingerprint density at radius 1 is 1.38 bits per heavy atom. The Morgan fingerprint density at radius 3 is 2.81 bits per heavy atom. The van der Waals surface area contributed by atoms with Gasteiger partial charge in [0.05, 0.1) is 0 Å². The van der Waals surface area contributed by atoms with Crippen LogP contribution in [-0.2, 0) is 0 Å². The summed E-state index contributed by atoms with van der Waals surface area (Å²) in [5.41, 5.74) is 0. The van der Waals surface area contributed by atoms with Crippen LogP contribution in [0.4, 0.5) is 5.82 Å². The van der Waals surface area contributed by atoms with Crippen molar-refractivity contribution in [1.82, 2.24) is 9.97 Å². The number of hydrogen-bond acceptors (Lipinski definition) is 4. The van der Waals surface area contributed by atoms with Gasteiger partial charge in [0.25, 0.3) is 0 Å². The average Bonchev–Trinajstić information content (AvgIpc) is 2.39. The first kappa shape index (κ1) is 10.9. The SMILES string of the molecule is CN(c1ccnc(C#N)n1)C1CCCCC1. The molecule has 4 heteroatoms. The van der Waals surface area contributed by atoms with Crippen molar-refractivity contribution in [1.29, 1.82) is 5.26 Å². The molecular weight excluding hydrogens is 200 g/mol. The van der Waals surface area contributed by atoms with Crippen LogP contribution in [0.3, 0.4) is 0 Å². The second-order valence-electron chi connectivity index (χ2n) is 4.25. The van der Waals surface area contributed by atoms with Crippen molar-refractivity contribution in [3.05, 3.63) is 18.1 Å². The first-order chi connectivity index (χ1) is 7.81. The van der Waals surface area contributed by atoms with E-state index in [4.69, 9.17) is 5.26 Å². The molecule has 1 aromatic heterocycles. The molecule has 84 valence electrons. The van der Waals surface area contributed by atoms with Gasteiger partial charge < -0.3 is 4.90 Å². The number of rotatable bonds is 2. The van der Waals surface area contributed by atoms with E-state index in [0.717, 1.165) is 5.82 Å². The molecule has 0 bridgehead atoms. The Balaban J connectivity index is 2.13. The zero-order chi connectivity index (χ0) is 11.4. The topological polar surface area (TPSA) is 52.8 Å². The molecule has 0 saturated heterocycles. The third-order valence-corrected chi connectivity index (χ3v) is 3.22. The van der Waals surface area contributed by atoms with Gasteiger partial charge in [-0.25, -0.2) is 9.97 Å². The van der Waals surface area contributed by atoms with Gasteiger partial charge in [0.2, 0.25) is 5.82 Å². The van der Waals surface area contributed by atoms with Crippen molar-refractivity contribution < 1.29 is 0 Å². The molecule has 4 nitrogen and oxygen atoms in total. The van der Waals surface area contributed by atoms with E-state index in [2.05, 4.69) is 21.9 Å². The predicted molar refractivity (Wildman–Crippen MR) is 62.0 cm³/mol. The van der Waals surface area contributed by atoms with Crippen LogP contribution in [0.2, 0.25) is 0 Å². The summed E-state index contributed by atoms with van der Waals surface area (Å²) in [5.74, 6) is 1.11. The van der Waals surface area contributed by atoms with Crippen molar-refractivity contribution in [3.8, 4) is 6.07 Å². The van der Waals surface area contributed by atoms with Crippen LogP contribution >= 0.6 is 0 Å². The number of anilines is 1. The maximum atomic E-state index is 8.76. The first-order valence-electron chi connectivity index (χ1n) is 5.77. The van der Waals surface area contributed by atoms with Gasteiger partial charge in [-0.2, -0.15) is 5.26 Å². The van der Waals surface area contributed by atoms with E-state index in [1.54, 1.807) is 6.20 Å². The molecule has 2 rings (SSSR count). The average molecular weight is 216 g/mol. The molecule has 1 aliphatic carbocycles. The van der Waals surface area contributed by atoms with Crippen LogP contribution < -0.4 is 4.90 Å². The molecule has 0 aromatic carbocycles. The van der Waals surface area contributed by atoms with Crippen LogP contribution in [0, 0.1) is 11.3 Å². The second-order valence-corrected chi connectivity index (χ2v) is 4.25. The highest BCUT2D eigenvalue weighted by molar-refractivity contribution is 5.39. The minimum atomic E-state index is 0.250. The predicted octanol–water partition coefficient (Wildman–Crippen LogP) is 2.12. The normalized spacial score (nSPS) is 16.8. The molecule has 1 saturated carbocycles. The van der Waals surface area contributed by atoms with Crippen molar-refractivity contribution in [2.24, 2.45) is 0 Å². The molecule has 1 aromatic rings. The lowest BCUT2D eigenvalue weighted by atomic mass is 9.94. The van der Waals surface area contributed by atoms with Crippen LogP contribution in [0.25, 0.3) is 0 Å². The molecular formula is C12H16N4. The summed E-state index contributed by atoms with van der Waals surface area (Å²) in [6.45, 7) is 0. The van der Waals surface area contributed by atoms with Gasteiger partial charge in [-0.3, -0.25) is 0 Å². The fourth-order valence-corrected chi connectivity index (χ4v) is 2.25. The molecule has 1 heterocycles. The molecule has 16 heavy (non-hydrogen) atoms. The third kappa shape index (κ3) is 2.30. The molecule has 0 radical (unpaired) electrons. The first-order valence-corrected chi connectivity index (χ1v) is 5.77. The lowest BCUT2D eigenvalue weighted by molar-refractivity contribution is 0.426. The van der Waals surface area contributed by atoms with Gasteiger partial charge in [-0.1, -0.05) is 19.3 Å². The molecule has 0 aliphatic heterocycles. The molecule has 0 unspecified atom stereocenters. The summed E-state index contributed by atoms with van der Waals surface area (Å²) in [7, 11) is 2.06. The van der Waals surface area contributed by atoms with E-state index >= 15 is 0 Å². The van der Waals surface area contributed by atoms with Gasteiger partial charge >= 0.3 is 0 Å². The largest absolute Gasteiger partial charge is 0.357 e. The highest BCUT2D eigenvalue weighted by atomic mass is 15.2. The summed E-state index contributed by atoms with van der Waals surface area (Å²) < 4.78 is 0. The highest BCUT2D eigenvalue weighted by Gasteiger charge is 2.19. The number of nitriles is 1. The third-order valence-electron chi connectivity index (χ3n) is 3.22. The van der Waals surface area contributed by atoms with E-state index in [1.807, 2.05) is 12.1 Å². The van der Waals surface area contributed by atoms with E-state index in [-0.39, 0.29) is 5.82 Å². The smallest absolute Gasteiger partial charge is 0.234 e. The summed E-state index contributed by atoms with van der Waals surface area (Å²) in [6.07, 6.45) is 8.04. The molecule has 0 atom stereocenters. The van der Waals surface area contributed by atoms with Gasteiger partial charge in [0.1, 0.15) is 11.9 Å². The Hall–Kier alpha value is -1.63. The minimum absolute atomic E-state index is 0.250. The quantitative estimate of drug-likeness (QED) is 0.759. The Labute approximate surface area is 95.9 Å². The van der Waals surface area contributed by atoms with E-state index in [0.29, 0.717) is 6.04 Å². The lowest BCUT2D eigenvalue weighted by Gasteiger charge is -2.31. The van der Waals surface area contributed by atoms with Crippen molar-refractivity contribution >= 4 is 5.82 Å². The molecule has 1 aliphatic rings. The Kier molecular flexibility index (Phi) is 3.35. The van der Waals surface area contributed by atoms with E-state index in [9.17, 15) is 0 Å². The second kappa shape index (κ2) is 4.93. The van der Waals surface area contributed by atoms with Crippen molar-refractivity contribution in [2.75, 3.05) is 11.9 Å². The van der Waals surface area contributed by atoms with Crippen molar-refractivity contribution in [3.63, 3.8) is 0 Å². The van der Waals surface area contributed by atoms with Crippen LogP contribution in [0.5, 0.6) is 0 Å². The van der Waals surface area contributed by atoms with Gasteiger partial charge in [-0.15, -0.1) is 0 Å². The number of hydrogen-bond donors (Lipinski definition) is 0. The van der Waals surface area contributed by atoms with Gasteiger partial charge in [-0.05, 0) is 18.9 Å². The molecule has 0 amide bonds. The molecule has 0 N–H and O–H groups in total. The van der Waals surface area contributed by atoms with Crippen molar-refractivity contribution in [2.45, 2.75) is 38.1 Å². The van der Waals surface area contributed by atoms with Gasteiger partial charge in [0, 0.05) is 19.3 Å². The zero-order valence-electron chi connectivity index (χ0n) is 9.56. The zero-order valence-corrected chi connectivity index (χ0v) is 9.56. The summed E-state index contributed by atoms with van der Waals surface area (Å²) >= 11 is 0.